The van der Waals surface area contributed by atoms with Gasteiger partial charge in [-0.3, -0.25) is 9.78 Å². The molecule has 1 amide bonds. The highest BCUT2D eigenvalue weighted by molar-refractivity contribution is 6.29. The van der Waals surface area contributed by atoms with Crippen molar-refractivity contribution in [3.8, 4) is 0 Å². The molecule has 0 aliphatic rings. The molecule has 0 bridgehead atoms. The van der Waals surface area contributed by atoms with Gasteiger partial charge in [0.15, 0.2) is 0 Å². The largest absolute Gasteiger partial charge is 0.370 e. The third-order valence-corrected chi connectivity index (χ3v) is 3.06. The lowest BCUT2D eigenvalue weighted by atomic mass is 10.2. The molecular weight excluding hydrogens is 288 g/mol. The van der Waals surface area contributed by atoms with Crippen molar-refractivity contribution in [1.82, 2.24) is 15.3 Å². The Morgan fingerprint density at radius 1 is 1.29 bits per heavy atom. The van der Waals surface area contributed by atoms with Crippen molar-refractivity contribution in [2.24, 2.45) is 0 Å². The van der Waals surface area contributed by atoms with E-state index in [0.29, 0.717) is 23.1 Å². The van der Waals surface area contributed by atoms with Crippen molar-refractivity contribution in [3.63, 3.8) is 0 Å². The molecule has 0 aliphatic carbocycles. The fourth-order valence-corrected chi connectivity index (χ4v) is 2.08. The summed E-state index contributed by atoms with van der Waals surface area (Å²) in [5, 5.41) is 6.21. The molecule has 6 heteroatoms. The summed E-state index contributed by atoms with van der Waals surface area (Å²) in [6.07, 6.45) is 4.23. The van der Waals surface area contributed by atoms with Crippen LogP contribution in [-0.2, 0) is 6.42 Å². The zero-order valence-corrected chi connectivity index (χ0v) is 12.5. The number of nitrogens with one attached hydrogen (secondary N) is 2. The van der Waals surface area contributed by atoms with E-state index < -0.39 is 0 Å². The molecule has 0 saturated carbocycles. The summed E-state index contributed by atoms with van der Waals surface area (Å²) in [4.78, 5) is 20.2. The summed E-state index contributed by atoms with van der Waals surface area (Å²) in [6.45, 7) is 3.23. The topological polar surface area (TPSA) is 66.9 Å². The van der Waals surface area contributed by atoms with Gasteiger partial charge in [-0.15, -0.1) is 0 Å². The molecule has 0 spiro atoms. The van der Waals surface area contributed by atoms with Gasteiger partial charge >= 0.3 is 0 Å². The van der Waals surface area contributed by atoms with Gasteiger partial charge in [0.05, 0.1) is 0 Å². The van der Waals surface area contributed by atoms with Crippen LogP contribution in [0.3, 0.4) is 0 Å². The Morgan fingerprint density at radius 3 is 2.76 bits per heavy atom. The van der Waals surface area contributed by atoms with Crippen LogP contribution in [0.15, 0.2) is 36.7 Å². The first-order valence-electron chi connectivity index (χ1n) is 6.77. The van der Waals surface area contributed by atoms with Gasteiger partial charge in [0, 0.05) is 31.0 Å². The van der Waals surface area contributed by atoms with E-state index in [0.717, 1.165) is 18.5 Å². The molecule has 110 valence electrons. The lowest BCUT2D eigenvalue weighted by molar-refractivity contribution is 0.0954. The van der Waals surface area contributed by atoms with E-state index in [4.69, 9.17) is 11.6 Å². The quantitative estimate of drug-likeness (QED) is 0.805. The van der Waals surface area contributed by atoms with Crippen molar-refractivity contribution in [2.75, 3.05) is 18.4 Å². The molecule has 0 radical (unpaired) electrons. The number of anilines is 1. The highest BCUT2D eigenvalue weighted by atomic mass is 35.5. The van der Waals surface area contributed by atoms with Crippen LogP contribution in [0.1, 0.15) is 22.8 Å². The molecule has 0 aliphatic heterocycles. The summed E-state index contributed by atoms with van der Waals surface area (Å²) < 4.78 is 0. The van der Waals surface area contributed by atoms with Crippen LogP contribution in [-0.4, -0.2) is 29.0 Å². The summed E-state index contributed by atoms with van der Waals surface area (Å²) in [7, 11) is 0. The third kappa shape index (κ3) is 4.72. The van der Waals surface area contributed by atoms with Crippen LogP contribution < -0.4 is 10.6 Å². The number of hydrogen-bond acceptors (Lipinski definition) is 4. The van der Waals surface area contributed by atoms with Crippen LogP contribution in [0.5, 0.6) is 0 Å². The molecule has 2 aromatic heterocycles. The number of carbonyl (C=O) groups is 1. The number of aromatic nitrogens is 2. The van der Waals surface area contributed by atoms with Crippen LogP contribution in [0.25, 0.3) is 0 Å². The Bertz CT molecular complexity index is 604. The Labute approximate surface area is 128 Å². The number of halogens is 1. The van der Waals surface area contributed by atoms with Crippen molar-refractivity contribution in [2.45, 2.75) is 13.3 Å². The number of amides is 1. The lowest BCUT2D eigenvalue weighted by Crippen LogP contribution is -2.26. The molecular formula is C15H17ClN4O. The molecule has 0 aromatic carbocycles. The van der Waals surface area contributed by atoms with Gasteiger partial charge in [0.25, 0.3) is 5.91 Å². The number of pyridine rings is 2. The Kier molecular flexibility index (Phi) is 5.51. The van der Waals surface area contributed by atoms with E-state index in [2.05, 4.69) is 20.6 Å². The number of hydrogen-bond donors (Lipinski definition) is 2. The van der Waals surface area contributed by atoms with E-state index in [1.165, 1.54) is 0 Å². The van der Waals surface area contributed by atoms with E-state index >= 15 is 0 Å². The SMILES string of the molecule is CCNc1cc(C(=O)NCCc2ccncc2)cc(Cl)n1. The molecule has 2 rings (SSSR count). The molecule has 0 saturated heterocycles. The molecule has 2 heterocycles. The van der Waals surface area contributed by atoms with E-state index in [1.54, 1.807) is 24.5 Å². The zero-order chi connectivity index (χ0) is 15.1. The monoisotopic (exact) mass is 304 g/mol. The average molecular weight is 305 g/mol. The minimum absolute atomic E-state index is 0.160. The minimum atomic E-state index is -0.160. The van der Waals surface area contributed by atoms with Gasteiger partial charge in [-0.05, 0) is 43.2 Å². The summed E-state index contributed by atoms with van der Waals surface area (Å²) in [5.41, 5.74) is 1.63. The second-order valence-electron chi connectivity index (χ2n) is 4.46. The summed E-state index contributed by atoms with van der Waals surface area (Å²) in [6, 6.07) is 7.11. The summed E-state index contributed by atoms with van der Waals surface area (Å²) >= 11 is 5.92. The zero-order valence-electron chi connectivity index (χ0n) is 11.8. The molecule has 0 fully saturated rings. The number of nitrogens with zero attached hydrogens (tertiary/aromatic N) is 2. The maximum absolute atomic E-state index is 12.1. The fraction of sp³-hybridized carbons (Fsp3) is 0.267. The van der Waals surface area contributed by atoms with Gasteiger partial charge in [0.1, 0.15) is 11.0 Å². The van der Waals surface area contributed by atoms with Gasteiger partial charge in [-0.25, -0.2) is 4.98 Å². The standard InChI is InChI=1S/C15H17ClN4O/c1-2-18-14-10-12(9-13(16)20-14)15(21)19-8-5-11-3-6-17-7-4-11/h3-4,6-7,9-10H,2,5,8H2,1H3,(H,18,20)(H,19,21). The maximum atomic E-state index is 12.1. The molecule has 2 aromatic rings. The Balaban J connectivity index is 1.94. The van der Waals surface area contributed by atoms with Crippen molar-refractivity contribution < 1.29 is 4.79 Å². The second kappa shape index (κ2) is 7.59. The smallest absolute Gasteiger partial charge is 0.251 e. The second-order valence-corrected chi connectivity index (χ2v) is 4.84. The van der Waals surface area contributed by atoms with E-state index in [1.807, 2.05) is 19.1 Å². The fourth-order valence-electron chi connectivity index (χ4n) is 1.87. The Morgan fingerprint density at radius 2 is 2.05 bits per heavy atom. The van der Waals surface area contributed by atoms with Crippen molar-refractivity contribution in [1.29, 1.82) is 0 Å². The molecule has 21 heavy (non-hydrogen) atoms. The van der Waals surface area contributed by atoms with Gasteiger partial charge < -0.3 is 10.6 Å². The normalized spacial score (nSPS) is 10.2. The van der Waals surface area contributed by atoms with Crippen molar-refractivity contribution >= 4 is 23.3 Å². The molecule has 0 unspecified atom stereocenters. The van der Waals surface area contributed by atoms with Gasteiger partial charge in [-0.2, -0.15) is 0 Å². The van der Waals surface area contributed by atoms with Crippen molar-refractivity contribution in [3.05, 3.63) is 52.9 Å². The number of rotatable bonds is 6. The first-order valence-corrected chi connectivity index (χ1v) is 7.15. The van der Waals surface area contributed by atoms with Crippen LogP contribution >= 0.6 is 11.6 Å². The third-order valence-electron chi connectivity index (χ3n) is 2.86. The highest BCUT2D eigenvalue weighted by Crippen LogP contribution is 2.14. The molecule has 0 atom stereocenters. The summed E-state index contributed by atoms with van der Waals surface area (Å²) in [5.74, 6) is 0.441. The average Bonchev–Trinajstić information content (AvgIpc) is 2.48. The highest BCUT2D eigenvalue weighted by Gasteiger charge is 2.08. The predicted octanol–water partition coefficient (Wildman–Crippen LogP) is 2.53. The first kappa shape index (κ1) is 15.3. The molecule has 5 nitrogen and oxygen atoms in total. The van der Waals surface area contributed by atoms with Gasteiger partial charge in [0.2, 0.25) is 0 Å². The van der Waals surface area contributed by atoms with Crippen LogP contribution in [0.4, 0.5) is 5.82 Å². The van der Waals surface area contributed by atoms with E-state index in [9.17, 15) is 4.79 Å². The van der Waals surface area contributed by atoms with Gasteiger partial charge in [-0.1, -0.05) is 11.6 Å². The maximum Gasteiger partial charge on any atom is 0.251 e. The van der Waals surface area contributed by atoms with Crippen LogP contribution in [0, 0.1) is 0 Å². The Hall–Kier alpha value is -2.14. The predicted molar refractivity (Wildman–Crippen MR) is 83.7 cm³/mol. The first-order chi connectivity index (χ1) is 10.2. The molecule has 2 N–H and O–H groups in total. The number of carbonyl (C=O) groups excluding carboxylic acids is 1. The van der Waals surface area contributed by atoms with E-state index in [-0.39, 0.29) is 5.91 Å². The minimum Gasteiger partial charge on any atom is -0.370 e. The van der Waals surface area contributed by atoms with Crippen LogP contribution in [0.2, 0.25) is 5.15 Å². The lowest BCUT2D eigenvalue weighted by Gasteiger charge is -2.08.